The van der Waals surface area contributed by atoms with Crippen molar-refractivity contribution < 1.29 is 13.9 Å². The minimum Gasteiger partial charge on any atom is -0.465 e. The summed E-state index contributed by atoms with van der Waals surface area (Å²) in [5, 5.41) is 0.765. The Morgan fingerprint density at radius 2 is 2.09 bits per heavy atom. The second-order valence-electron chi connectivity index (χ2n) is 4.42. The maximum atomic E-state index is 11.6. The van der Waals surface area contributed by atoms with E-state index in [1.54, 1.807) is 12.1 Å². The molecular formula is C15H8BrCl2NO3. The van der Waals surface area contributed by atoms with E-state index >= 15 is 0 Å². The van der Waals surface area contributed by atoms with Crippen LogP contribution in [0.2, 0.25) is 10.0 Å². The molecule has 112 valence electrons. The molecule has 7 heteroatoms. The molecule has 3 aromatic rings. The normalized spacial score (nSPS) is 10.9. The van der Waals surface area contributed by atoms with Gasteiger partial charge in [0.25, 0.3) is 0 Å². The maximum absolute atomic E-state index is 11.6. The Kier molecular flexibility index (Phi) is 4.12. The second-order valence-corrected chi connectivity index (χ2v) is 6.06. The molecule has 0 bridgehead atoms. The van der Waals surface area contributed by atoms with E-state index in [9.17, 15) is 4.79 Å². The standard InChI is InChI=1S/C15H8BrCl2NO3/c1-21-15(20)7-5-10(17)13-11(6-7)19-14(22-13)8-3-2-4-9(16)12(8)18/h2-6H,1H3. The number of benzene rings is 2. The van der Waals surface area contributed by atoms with Gasteiger partial charge in [-0.25, -0.2) is 9.78 Å². The molecule has 0 aliphatic heterocycles. The van der Waals surface area contributed by atoms with Gasteiger partial charge in [-0.1, -0.05) is 29.3 Å². The summed E-state index contributed by atoms with van der Waals surface area (Å²) in [6.07, 6.45) is 0. The van der Waals surface area contributed by atoms with Crippen LogP contribution < -0.4 is 0 Å². The molecule has 0 saturated carbocycles. The fourth-order valence-corrected chi connectivity index (χ4v) is 2.84. The molecule has 0 aliphatic rings. The quantitative estimate of drug-likeness (QED) is 0.544. The van der Waals surface area contributed by atoms with Crippen molar-refractivity contribution >= 4 is 56.2 Å². The number of methoxy groups -OCH3 is 1. The fraction of sp³-hybridized carbons (Fsp3) is 0.0667. The number of fused-ring (bicyclic) bond motifs is 1. The predicted molar refractivity (Wildman–Crippen MR) is 88.5 cm³/mol. The van der Waals surface area contributed by atoms with Crippen LogP contribution in [0.3, 0.4) is 0 Å². The van der Waals surface area contributed by atoms with Crippen LogP contribution in [-0.4, -0.2) is 18.1 Å². The summed E-state index contributed by atoms with van der Waals surface area (Å²) in [6, 6.07) is 8.46. The number of esters is 1. The van der Waals surface area contributed by atoms with E-state index in [2.05, 4.69) is 25.7 Å². The van der Waals surface area contributed by atoms with Crippen molar-refractivity contribution in [3.63, 3.8) is 0 Å². The molecule has 0 unspecified atom stereocenters. The third kappa shape index (κ3) is 2.60. The van der Waals surface area contributed by atoms with E-state index in [-0.39, 0.29) is 5.02 Å². The first-order chi connectivity index (χ1) is 10.5. The molecule has 22 heavy (non-hydrogen) atoms. The van der Waals surface area contributed by atoms with E-state index in [1.165, 1.54) is 13.2 Å². The summed E-state index contributed by atoms with van der Waals surface area (Å²) >= 11 is 15.7. The largest absolute Gasteiger partial charge is 0.465 e. The molecule has 0 amide bonds. The number of hydrogen-bond donors (Lipinski definition) is 0. The molecule has 4 nitrogen and oxygen atoms in total. The smallest absolute Gasteiger partial charge is 0.337 e. The number of hydrogen-bond acceptors (Lipinski definition) is 4. The fourth-order valence-electron chi connectivity index (χ4n) is 2.01. The third-order valence-electron chi connectivity index (χ3n) is 3.05. The Morgan fingerprint density at radius 3 is 2.82 bits per heavy atom. The lowest BCUT2D eigenvalue weighted by Gasteiger charge is -2.00. The molecule has 1 aromatic heterocycles. The zero-order chi connectivity index (χ0) is 15.9. The lowest BCUT2D eigenvalue weighted by Crippen LogP contribution is -2.00. The first-order valence-corrected chi connectivity index (χ1v) is 7.69. The van der Waals surface area contributed by atoms with E-state index in [0.717, 1.165) is 4.47 Å². The SMILES string of the molecule is COC(=O)c1cc(Cl)c2oc(-c3cccc(Br)c3Cl)nc2c1. The van der Waals surface area contributed by atoms with E-state index in [1.807, 2.05) is 12.1 Å². The molecule has 0 aliphatic carbocycles. The van der Waals surface area contributed by atoms with Crippen LogP contribution in [0.25, 0.3) is 22.6 Å². The monoisotopic (exact) mass is 399 g/mol. The van der Waals surface area contributed by atoms with E-state index in [4.69, 9.17) is 27.6 Å². The molecule has 0 fully saturated rings. The van der Waals surface area contributed by atoms with Gasteiger partial charge < -0.3 is 9.15 Å². The number of ether oxygens (including phenoxy) is 1. The zero-order valence-electron chi connectivity index (χ0n) is 11.2. The number of halogens is 3. The van der Waals surface area contributed by atoms with E-state index < -0.39 is 5.97 Å². The van der Waals surface area contributed by atoms with Gasteiger partial charge in [-0.05, 0) is 40.2 Å². The second kappa shape index (κ2) is 5.91. The van der Waals surface area contributed by atoms with Crippen LogP contribution in [0.15, 0.2) is 39.2 Å². The minimum absolute atomic E-state index is 0.280. The van der Waals surface area contributed by atoms with Crippen molar-refractivity contribution in [2.75, 3.05) is 7.11 Å². The molecule has 0 radical (unpaired) electrons. The third-order valence-corrected chi connectivity index (χ3v) is 4.62. The highest BCUT2D eigenvalue weighted by molar-refractivity contribution is 9.10. The van der Waals surface area contributed by atoms with Crippen molar-refractivity contribution in [2.45, 2.75) is 0 Å². The van der Waals surface area contributed by atoms with Gasteiger partial charge in [-0.2, -0.15) is 0 Å². The highest BCUT2D eigenvalue weighted by Gasteiger charge is 2.17. The van der Waals surface area contributed by atoms with Crippen molar-refractivity contribution in [2.24, 2.45) is 0 Å². The minimum atomic E-state index is -0.492. The first kappa shape index (κ1) is 15.3. The number of carbonyl (C=O) groups is 1. The maximum Gasteiger partial charge on any atom is 0.337 e. The van der Waals surface area contributed by atoms with Gasteiger partial charge in [0.15, 0.2) is 5.58 Å². The number of oxazole rings is 1. The average molecular weight is 401 g/mol. The molecule has 0 N–H and O–H groups in total. The van der Waals surface area contributed by atoms with E-state index in [0.29, 0.717) is 33.1 Å². The summed E-state index contributed by atoms with van der Waals surface area (Å²) in [6.45, 7) is 0. The van der Waals surface area contributed by atoms with Crippen LogP contribution in [0.5, 0.6) is 0 Å². The van der Waals surface area contributed by atoms with Gasteiger partial charge in [0.1, 0.15) is 5.52 Å². The van der Waals surface area contributed by atoms with Gasteiger partial charge in [-0.3, -0.25) is 0 Å². The van der Waals surface area contributed by atoms with Crippen LogP contribution in [0.1, 0.15) is 10.4 Å². The van der Waals surface area contributed by atoms with Crippen molar-refractivity contribution in [1.29, 1.82) is 0 Å². The van der Waals surface area contributed by atoms with Crippen LogP contribution in [-0.2, 0) is 4.74 Å². The average Bonchev–Trinajstić information content (AvgIpc) is 2.93. The highest BCUT2D eigenvalue weighted by Crippen LogP contribution is 2.36. The molecule has 0 saturated heterocycles. The Labute approximate surface area is 144 Å². The summed E-state index contributed by atoms with van der Waals surface area (Å²) in [4.78, 5) is 16.0. The summed E-state index contributed by atoms with van der Waals surface area (Å²) in [7, 11) is 1.30. The number of carbonyl (C=O) groups excluding carboxylic acids is 1. The molecule has 3 rings (SSSR count). The van der Waals surface area contributed by atoms with Crippen molar-refractivity contribution in [3.8, 4) is 11.5 Å². The zero-order valence-corrected chi connectivity index (χ0v) is 14.3. The Balaban J connectivity index is 2.20. The molecule has 2 aromatic carbocycles. The van der Waals surface area contributed by atoms with Gasteiger partial charge in [0.2, 0.25) is 5.89 Å². The molecular weight excluding hydrogens is 393 g/mol. The van der Waals surface area contributed by atoms with Crippen LogP contribution >= 0.6 is 39.1 Å². The Hall–Kier alpha value is -1.56. The van der Waals surface area contributed by atoms with Gasteiger partial charge >= 0.3 is 5.97 Å². The Morgan fingerprint density at radius 1 is 1.32 bits per heavy atom. The molecule has 1 heterocycles. The first-order valence-electron chi connectivity index (χ1n) is 6.14. The van der Waals surface area contributed by atoms with Gasteiger partial charge in [0.05, 0.1) is 28.3 Å². The van der Waals surface area contributed by atoms with Gasteiger partial charge in [-0.15, -0.1) is 0 Å². The molecule has 0 spiro atoms. The lowest BCUT2D eigenvalue weighted by atomic mass is 10.2. The van der Waals surface area contributed by atoms with Crippen LogP contribution in [0, 0.1) is 0 Å². The topological polar surface area (TPSA) is 52.3 Å². The number of nitrogens with zero attached hydrogens (tertiary/aromatic N) is 1. The van der Waals surface area contributed by atoms with Crippen molar-refractivity contribution in [1.82, 2.24) is 4.98 Å². The predicted octanol–water partition coefficient (Wildman–Crippen LogP) is 5.35. The van der Waals surface area contributed by atoms with Crippen LogP contribution in [0.4, 0.5) is 0 Å². The number of rotatable bonds is 2. The van der Waals surface area contributed by atoms with Crippen molar-refractivity contribution in [3.05, 3.63) is 50.4 Å². The lowest BCUT2D eigenvalue weighted by molar-refractivity contribution is 0.0601. The summed E-state index contributed by atoms with van der Waals surface area (Å²) in [5.41, 5.74) is 1.78. The Bertz CT molecular complexity index is 892. The van der Waals surface area contributed by atoms with Gasteiger partial charge in [0, 0.05) is 4.47 Å². The summed E-state index contributed by atoms with van der Waals surface area (Å²) in [5.74, 6) is -0.168. The molecule has 0 atom stereocenters. The number of aromatic nitrogens is 1. The summed E-state index contributed by atoms with van der Waals surface area (Å²) < 4.78 is 11.1. The highest BCUT2D eigenvalue weighted by atomic mass is 79.9.